The van der Waals surface area contributed by atoms with Crippen LogP contribution >= 0.6 is 11.8 Å². The molecule has 1 aliphatic rings. The van der Waals surface area contributed by atoms with Crippen LogP contribution in [0.2, 0.25) is 0 Å². The van der Waals surface area contributed by atoms with Gasteiger partial charge in [0.1, 0.15) is 0 Å². The van der Waals surface area contributed by atoms with Gasteiger partial charge < -0.3 is 5.32 Å². The zero-order valence-corrected chi connectivity index (χ0v) is 11.9. The number of alkyl halides is 3. The molecule has 0 bridgehead atoms. The lowest BCUT2D eigenvalue weighted by atomic mass is 9.97. The highest BCUT2D eigenvalue weighted by Gasteiger charge is 2.28. The summed E-state index contributed by atoms with van der Waals surface area (Å²) in [5, 5.41) is 3.31. The van der Waals surface area contributed by atoms with E-state index in [2.05, 4.69) is 24.1 Å². The molecule has 0 unspecified atom stereocenters. The molecular weight excluding hydrogens is 261 g/mol. The van der Waals surface area contributed by atoms with Crippen LogP contribution in [-0.4, -0.2) is 48.4 Å². The van der Waals surface area contributed by atoms with Crippen molar-refractivity contribution in [1.29, 1.82) is 0 Å². The first-order chi connectivity index (χ1) is 8.38. The van der Waals surface area contributed by atoms with Crippen LogP contribution in [0.15, 0.2) is 0 Å². The molecule has 0 aromatic rings. The van der Waals surface area contributed by atoms with Crippen LogP contribution < -0.4 is 5.32 Å². The Balaban J connectivity index is 2.30. The number of hydrogen-bond donors (Lipinski definition) is 1. The molecule has 6 heteroatoms. The quantitative estimate of drug-likeness (QED) is 0.807. The van der Waals surface area contributed by atoms with E-state index >= 15 is 0 Å². The molecule has 0 radical (unpaired) electrons. The minimum atomic E-state index is -4.10. The molecule has 18 heavy (non-hydrogen) atoms. The second kappa shape index (κ2) is 7.60. The number of rotatable bonds is 6. The summed E-state index contributed by atoms with van der Waals surface area (Å²) < 4.78 is 36.3. The Labute approximate surface area is 112 Å². The average molecular weight is 284 g/mol. The van der Waals surface area contributed by atoms with Gasteiger partial charge in [0.2, 0.25) is 0 Å². The first-order valence-electron chi connectivity index (χ1n) is 6.54. The SMILES string of the molecule is CC(C)N(CCSC(F)(F)F)CC1CCNCC1. The summed E-state index contributed by atoms with van der Waals surface area (Å²) in [4.78, 5) is 2.18. The third-order valence-corrected chi connectivity index (χ3v) is 4.04. The molecule has 0 spiro atoms. The molecular formula is C12H23F3N2S. The highest BCUT2D eigenvalue weighted by Crippen LogP contribution is 2.30. The molecule has 0 atom stereocenters. The minimum Gasteiger partial charge on any atom is -0.317 e. The van der Waals surface area contributed by atoms with Crippen LogP contribution in [0.3, 0.4) is 0 Å². The van der Waals surface area contributed by atoms with Crippen molar-refractivity contribution in [2.24, 2.45) is 5.92 Å². The largest absolute Gasteiger partial charge is 0.441 e. The Bertz CT molecular complexity index is 228. The van der Waals surface area contributed by atoms with Gasteiger partial charge in [0, 0.05) is 24.9 Å². The molecule has 0 amide bonds. The Morgan fingerprint density at radius 3 is 2.39 bits per heavy atom. The maximum Gasteiger partial charge on any atom is 0.441 e. The van der Waals surface area contributed by atoms with Gasteiger partial charge in [0.05, 0.1) is 0 Å². The second-order valence-electron chi connectivity index (χ2n) is 5.08. The number of thioether (sulfide) groups is 1. The summed E-state index contributed by atoms with van der Waals surface area (Å²) in [6, 6.07) is 0.314. The number of piperidine rings is 1. The first-order valence-corrected chi connectivity index (χ1v) is 7.52. The van der Waals surface area contributed by atoms with Crippen LogP contribution in [0.25, 0.3) is 0 Å². The molecule has 1 rings (SSSR count). The number of halogens is 3. The highest BCUT2D eigenvalue weighted by atomic mass is 32.2. The Hall–Kier alpha value is 0.0600. The van der Waals surface area contributed by atoms with Gasteiger partial charge in [-0.3, -0.25) is 4.90 Å². The molecule has 1 N–H and O–H groups in total. The summed E-state index contributed by atoms with van der Waals surface area (Å²) in [5.74, 6) is 0.761. The van der Waals surface area contributed by atoms with Crippen molar-refractivity contribution in [2.45, 2.75) is 38.2 Å². The smallest absolute Gasteiger partial charge is 0.317 e. The Kier molecular flexibility index (Phi) is 6.81. The fraction of sp³-hybridized carbons (Fsp3) is 1.00. The van der Waals surface area contributed by atoms with Crippen molar-refractivity contribution in [2.75, 3.05) is 31.9 Å². The summed E-state index contributed by atoms with van der Waals surface area (Å²) in [7, 11) is 0. The van der Waals surface area contributed by atoms with Crippen molar-refractivity contribution < 1.29 is 13.2 Å². The molecule has 1 fully saturated rings. The monoisotopic (exact) mass is 284 g/mol. The minimum absolute atomic E-state index is 0.0873. The third-order valence-electron chi connectivity index (χ3n) is 3.33. The Morgan fingerprint density at radius 1 is 1.28 bits per heavy atom. The molecule has 1 aliphatic heterocycles. The highest BCUT2D eigenvalue weighted by molar-refractivity contribution is 8.00. The molecule has 108 valence electrons. The van der Waals surface area contributed by atoms with Crippen LogP contribution in [-0.2, 0) is 0 Å². The summed E-state index contributed by atoms with van der Waals surface area (Å²) in [6.07, 6.45) is 2.27. The zero-order valence-electron chi connectivity index (χ0n) is 11.1. The normalized spacial score (nSPS) is 18.8. The zero-order chi connectivity index (χ0) is 13.6. The summed E-state index contributed by atoms with van der Waals surface area (Å²) in [6.45, 7) is 7.63. The fourth-order valence-electron chi connectivity index (χ4n) is 2.23. The molecule has 1 saturated heterocycles. The van der Waals surface area contributed by atoms with E-state index in [4.69, 9.17) is 0 Å². The Morgan fingerprint density at radius 2 is 1.89 bits per heavy atom. The first kappa shape index (κ1) is 16.1. The van der Waals surface area contributed by atoms with Gasteiger partial charge in [0.15, 0.2) is 0 Å². The molecule has 0 saturated carbocycles. The van der Waals surface area contributed by atoms with Crippen molar-refractivity contribution in [3.8, 4) is 0 Å². The van der Waals surface area contributed by atoms with Gasteiger partial charge in [-0.05, 0) is 57.5 Å². The lowest BCUT2D eigenvalue weighted by Gasteiger charge is -2.32. The van der Waals surface area contributed by atoms with Gasteiger partial charge >= 0.3 is 5.51 Å². The topological polar surface area (TPSA) is 15.3 Å². The molecule has 2 nitrogen and oxygen atoms in total. The summed E-state index contributed by atoms with van der Waals surface area (Å²) in [5.41, 5.74) is -4.10. The maximum atomic E-state index is 12.1. The lowest BCUT2D eigenvalue weighted by Crippen LogP contribution is -2.40. The van der Waals surface area contributed by atoms with Crippen molar-refractivity contribution in [3.05, 3.63) is 0 Å². The molecule has 1 heterocycles. The van der Waals surface area contributed by atoms with Crippen LogP contribution in [0, 0.1) is 5.92 Å². The standard InChI is InChI=1S/C12H23F3N2S/c1-10(2)17(7-8-18-12(13,14)15)9-11-3-5-16-6-4-11/h10-11,16H,3-9H2,1-2H3. The lowest BCUT2D eigenvalue weighted by molar-refractivity contribution is -0.0329. The van der Waals surface area contributed by atoms with Gasteiger partial charge in [-0.15, -0.1) is 0 Å². The fourth-order valence-corrected chi connectivity index (χ4v) is 2.79. The van der Waals surface area contributed by atoms with Crippen LogP contribution in [0.4, 0.5) is 13.2 Å². The molecule has 0 aromatic carbocycles. The average Bonchev–Trinajstić information content (AvgIpc) is 2.27. The van der Waals surface area contributed by atoms with Crippen LogP contribution in [0.1, 0.15) is 26.7 Å². The van der Waals surface area contributed by atoms with E-state index in [-0.39, 0.29) is 17.5 Å². The van der Waals surface area contributed by atoms with E-state index in [1.54, 1.807) is 0 Å². The van der Waals surface area contributed by atoms with Gasteiger partial charge in [-0.25, -0.2) is 0 Å². The van der Waals surface area contributed by atoms with Crippen molar-refractivity contribution in [3.63, 3.8) is 0 Å². The van der Waals surface area contributed by atoms with E-state index in [1.807, 2.05) is 0 Å². The molecule has 0 aromatic heterocycles. The summed E-state index contributed by atoms with van der Waals surface area (Å²) >= 11 is 0.0873. The van der Waals surface area contributed by atoms with Crippen molar-refractivity contribution in [1.82, 2.24) is 10.2 Å². The second-order valence-corrected chi connectivity index (χ2v) is 6.24. The van der Waals surface area contributed by atoms with E-state index in [9.17, 15) is 13.2 Å². The van der Waals surface area contributed by atoms with E-state index in [0.717, 1.165) is 32.5 Å². The van der Waals surface area contributed by atoms with E-state index in [1.165, 1.54) is 0 Å². The van der Waals surface area contributed by atoms with Gasteiger partial charge in [-0.1, -0.05) is 0 Å². The molecule has 0 aliphatic carbocycles. The van der Waals surface area contributed by atoms with Crippen LogP contribution in [0.5, 0.6) is 0 Å². The van der Waals surface area contributed by atoms with Gasteiger partial charge in [0.25, 0.3) is 0 Å². The third kappa shape index (κ3) is 6.85. The number of hydrogen-bond acceptors (Lipinski definition) is 3. The maximum absolute atomic E-state index is 12.1. The van der Waals surface area contributed by atoms with E-state index in [0.29, 0.717) is 18.5 Å². The number of nitrogens with zero attached hydrogens (tertiary/aromatic N) is 1. The number of nitrogens with one attached hydrogen (secondary N) is 1. The predicted molar refractivity (Wildman–Crippen MR) is 70.8 cm³/mol. The van der Waals surface area contributed by atoms with E-state index < -0.39 is 5.51 Å². The van der Waals surface area contributed by atoms with Gasteiger partial charge in [-0.2, -0.15) is 13.2 Å². The predicted octanol–water partition coefficient (Wildman–Crippen LogP) is 2.95. The van der Waals surface area contributed by atoms with Crippen molar-refractivity contribution >= 4 is 11.8 Å².